The Morgan fingerprint density at radius 1 is 1.42 bits per heavy atom. The molecule has 0 unspecified atom stereocenters. The number of carboxylic acids is 1. The normalized spacial score (nSPS) is 10.9. The number of nitrogens with zero attached hydrogens (tertiary/aromatic N) is 1. The van der Waals surface area contributed by atoms with Crippen LogP contribution in [0.15, 0.2) is 37.1 Å². The highest BCUT2D eigenvalue weighted by Gasteiger charge is 2.14. The van der Waals surface area contributed by atoms with Gasteiger partial charge in [0, 0.05) is 24.7 Å². The van der Waals surface area contributed by atoms with Crippen LogP contribution in [0.4, 0.5) is 0 Å². The van der Waals surface area contributed by atoms with E-state index in [1.807, 2.05) is 18.3 Å². The summed E-state index contributed by atoms with van der Waals surface area (Å²) in [4.78, 5) is 27.6. The van der Waals surface area contributed by atoms with Crippen LogP contribution in [0.5, 0.6) is 5.75 Å². The molecule has 2 N–H and O–H groups in total. The lowest BCUT2D eigenvalue weighted by atomic mass is 10.1. The molecule has 0 amide bonds. The summed E-state index contributed by atoms with van der Waals surface area (Å²) in [5.74, 6) is -1.64. The molecular weight excluding hydrogens is 308 g/mol. The van der Waals surface area contributed by atoms with Crippen LogP contribution in [0.2, 0.25) is 0 Å². The molecule has 6 heteroatoms. The highest BCUT2D eigenvalue weighted by Crippen LogP contribution is 2.28. The summed E-state index contributed by atoms with van der Waals surface area (Å²) in [5.41, 5.74) is 1.83. The Labute approximate surface area is 140 Å². The summed E-state index contributed by atoms with van der Waals surface area (Å²) >= 11 is 0. The molecule has 0 aliphatic rings. The number of hydrogen-bond acceptors (Lipinski definition) is 4. The van der Waals surface area contributed by atoms with Crippen molar-refractivity contribution < 1.29 is 19.4 Å². The summed E-state index contributed by atoms with van der Waals surface area (Å²) in [6.45, 7) is 8.57. The van der Waals surface area contributed by atoms with Crippen molar-refractivity contribution in [1.29, 1.82) is 0 Å². The molecule has 0 saturated heterocycles. The van der Waals surface area contributed by atoms with Crippen molar-refractivity contribution in [3.63, 3.8) is 0 Å². The third kappa shape index (κ3) is 4.45. The molecule has 0 spiro atoms. The maximum absolute atomic E-state index is 11.6. The number of para-hydroxylation sites is 1. The lowest BCUT2D eigenvalue weighted by molar-refractivity contribution is -0.145. The molecule has 1 aromatic heterocycles. The molecular formula is C18H22N2O4. The highest BCUT2D eigenvalue weighted by molar-refractivity contribution is 5.94. The van der Waals surface area contributed by atoms with E-state index in [4.69, 9.17) is 9.84 Å². The number of esters is 1. The fraction of sp³-hybridized carbons (Fsp3) is 0.333. The zero-order chi connectivity index (χ0) is 17.5. The van der Waals surface area contributed by atoms with E-state index in [9.17, 15) is 9.59 Å². The largest absolute Gasteiger partial charge is 0.481 e. The quantitative estimate of drug-likeness (QED) is 0.320. The Balaban J connectivity index is 2.14. The molecule has 2 aromatic rings. The van der Waals surface area contributed by atoms with Gasteiger partial charge in [0.1, 0.15) is 6.42 Å². The minimum Gasteiger partial charge on any atom is -0.481 e. The SMILES string of the molecule is C=CCN(CC)CCc1c[nH]c2c(OC(=O)CC(=O)O)cccc12. The van der Waals surface area contributed by atoms with Gasteiger partial charge in [-0.05, 0) is 24.6 Å². The smallest absolute Gasteiger partial charge is 0.322 e. The maximum Gasteiger partial charge on any atom is 0.322 e. The Hall–Kier alpha value is -2.60. The number of rotatable bonds is 9. The van der Waals surface area contributed by atoms with Gasteiger partial charge in [-0.1, -0.05) is 25.1 Å². The number of benzene rings is 1. The average Bonchev–Trinajstić information content (AvgIpc) is 2.95. The fourth-order valence-corrected chi connectivity index (χ4v) is 2.60. The van der Waals surface area contributed by atoms with Gasteiger partial charge in [0.15, 0.2) is 5.75 Å². The minimum atomic E-state index is -1.21. The van der Waals surface area contributed by atoms with Gasteiger partial charge in [0.25, 0.3) is 0 Å². The molecule has 24 heavy (non-hydrogen) atoms. The predicted molar refractivity (Wildman–Crippen MR) is 92.2 cm³/mol. The number of aromatic nitrogens is 1. The number of likely N-dealkylation sites (N-methyl/N-ethyl adjacent to an activating group) is 1. The van der Waals surface area contributed by atoms with E-state index in [1.165, 1.54) is 0 Å². The van der Waals surface area contributed by atoms with Gasteiger partial charge in [0.05, 0.1) is 5.52 Å². The number of carbonyl (C=O) groups excluding carboxylic acids is 1. The number of carbonyl (C=O) groups is 2. The number of aromatic amines is 1. The Morgan fingerprint density at radius 3 is 2.88 bits per heavy atom. The molecule has 0 atom stereocenters. The summed E-state index contributed by atoms with van der Waals surface area (Å²) in [6.07, 6.45) is 3.99. The van der Waals surface area contributed by atoms with E-state index in [2.05, 4.69) is 23.4 Å². The first kappa shape index (κ1) is 17.7. The Bertz CT molecular complexity index is 736. The number of carboxylic acid groups (broad SMARTS) is 1. The summed E-state index contributed by atoms with van der Waals surface area (Å²) in [7, 11) is 0. The molecule has 0 saturated carbocycles. The molecule has 6 nitrogen and oxygen atoms in total. The topological polar surface area (TPSA) is 82.6 Å². The van der Waals surface area contributed by atoms with Crippen LogP contribution in [-0.4, -0.2) is 46.6 Å². The minimum absolute atomic E-state index is 0.350. The molecule has 1 heterocycles. The van der Waals surface area contributed by atoms with Crippen LogP contribution < -0.4 is 4.74 Å². The lowest BCUT2D eigenvalue weighted by Crippen LogP contribution is -2.25. The first-order valence-electron chi connectivity index (χ1n) is 7.89. The van der Waals surface area contributed by atoms with Crippen LogP contribution >= 0.6 is 0 Å². The monoisotopic (exact) mass is 330 g/mol. The van der Waals surface area contributed by atoms with E-state index in [-0.39, 0.29) is 0 Å². The first-order chi connectivity index (χ1) is 11.5. The Morgan fingerprint density at radius 2 is 2.21 bits per heavy atom. The summed E-state index contributed by atoms with van der Waals surface area (Å²) < 4.78 is 5.16. The van der Waals surface area contributed by atoms with E-state index in [0.29, 0.717) is 11.3 Å². The predicted octanol–water partition coefficient (Wildman–Crippen LogP) is 2.60. The van der Waals surface area contributed by atoms with Gasteiger partial charge >= 0.3 is 11.9 Å². The Kier molecular flexibility index (Phi) is 6.14. The van der Waals surface area contributed by atoms with Crippen molar-refractivity contribution in [2.24, 2.45) is 0 Å². The van der Waals surface area contributed by atoms with Crippen molar-refractivity contribution >= 4 is 22.8 Å². The zero-order valence-corrected chi connectivity index (χ0v) is 13.7. The molecule has 0 aliphatic carbocycles. The first-order valence-corrected chi connectivity index (χ1v) is 7.89. The molecule has 0 radical (unpaired) electrons. The number of H-pyrrole nitrogens is 1. The lowest BCUT2D eigenvalue weighted by Gasteiger charge is -2.17. The molecule has 128 valence electrons. The van der Waals surface area contributed by atoms with E-state index in [1.54, 1.807) is 12.1 Å². The molecule has 1 aromatic carbocycles. The number of hydrogen-bond donors (Lipinski definition) is 2. The summed E-state index contributed by atoms with van der Waals surface area (Å²) in [6, 6.07) is 5.41. The van der Waals surface area contributed by atoms with Crippen molar-refractivity contribution in [2.45, 2.75) is 19.8 Å². The average molecular weight is 330 g/mol. The second-order valence-corrected chi connectivity index (χ2v) is 5.47. The number of ether oxygens (including phenoxy) is 1. The maximum atomic E-state index is 11.6. The van der Waals surface area contributed by atoms with Gasteiger partial charge in [-0.15, -0.1) is 6.58 Å². The second-order valence-electron chi connectivity index (χ2n) is 5.47. The standard InChI is InChI=1S/C18H22N2O4/c1-3-9-20(4-2)10-8-13-12-19-18-14(13)6-5-7-15(18)24-17(23)11-16(21)22/h3,5-7,12,19H,1,4,8-11H2,2H3,(H,21,22). The van der Waals surface area contributed by atoms with Crippen LogP contribution in [-0.2, 0) is 16.0 Å². The zero-order valence-electron chi connectivity index (χ0n) is 13.7. The van der Waals surface area contributed by atoms with Crippen molar-refractivity contribution in [3.8, 4) is 5.75 Å². The molecule has 2 rings (SSSR count). The van der Waals surface area contributed by atoms with Crippen molar-refractivity contribution in [3.05, 3.63) is 42.6 Å². The van der Waals surface area contributed by atoms with Gasteiger partial charge < -0.3 is 14.8 Å². The van der Waals surface area contributed by atoms with E-state index < -0.39 is 18.4 Å². The summed E-state index contributed by atoms with van der Waals surface area (Å²) in [5, 5.41) is 9.63. The van der Waals surface area contributed by atoms with Gasteiger partial charge in [0.2, 0.25) is 0 Å². The van der Waals surface area contributed by atoms with Crippen LogP contribution in [0.1, 0.15) is 18.9 Å². The number of nitrogens with one attached hydrogen (secondary N) is 1. The van der Waals surface area contributed by atoms with Gasteiger partial charge in [-0.2, -0.15) is 0 Å². The van der Waals surface area contributed by atoms with Crippen LogP contribution in [0.3, 0.4) is 0 Å². The van der Waals surface area contributed by atoms with Crippen LogP contribution in [0.25, 0.3) is 10.9 Å². The van der Waals surface area contributed by atoms with Gasteiger partial charge in [-0.25, -0.2) is 0 Å². The van der Waals surface area contributed by atoms with E-state index in [0.717, 1.165) is 37.0 Å². The van der Waals surface area contributed by atoms with E-state index >= 15 is 0 Å². The number of aliphatic carboxylic acids is 1. The molecule has 0 aliphatic heterocycles. The molecule has 0 bridgehead atoms. The van der Waals surface area contributed by atoms with Crippen molar-refractivity contribution in [1.82, 2.24) is 9.88 Å². The second kappa shape index (κ2) is 8.31. The molecule has 0 fully saturated rings. The fourth-order valence-electron chi connectivity index (χ4n) is 2.60. The van der Waals surface area contributed by atoms with Gasteiger partial charge in [-0.3, -0.25) is 14.5 Å². The number of fused-ring (bicyclic) bond motifs is 1. The third-order valence-corrected chi connectivity index (χ3v) is 3.81. The van der Waals surface area contributed by atoms with Crippen LogP contribution in [0, 0.1) is 0 Å². The highest BCUT2D eigenvalue weighted by atomic mass is 16.5. The van der Waals surface area contributed by atoms with Crippen molar-refractivity contribution in [2.75, 3.05) is 19.6 Å². The third-order valence-electron chi connectivity index (χ3n) is 3.81.